The van der Waals surface area contributed by atoms with Crippen molar-refractivity contribution in [1.29, 1.82) is 0 Å². The Bertz CT molecular complexity index is 573. The van der Waals surface area contributed by atoms with Gasteiger partial charge in [0.1, 0.15) is 0 Å². The monoisotopic (exact) mass is 296 g/mol. The van der Waals surface area contributed by atoms with Crippen LogP contribution in [-0.4, -0.2) is 25.3 Å². The van der Waals surface area contributed by atoms with E-state index in [4.69, 9.17) is 5.73 Å². The second-order valence-electron chi connectivity index (χ2n) is 5.80. The Morgan fingerprint density at radius 1 is 1.15 bits per heavy atom. The average Bonchev–Trinajstić information content (AvgIpc) is 2.52. The number of sulfonamides is 1. The second-order valence-corrected chi connectivity index (χ2v) is 7.63. The van der Waals surface area contributed by atoms with E-state index in [0.717, 1.165) is 36.8 Å². The van der Waals surface area contributed by atoms with Crippen molar-refractivity contribution >= 4 is 15.7 Å². The molecular formula is C15H24N2O2S. The van der Waals surface area contributed by atoms with Gasteiger partial charge in [0.05, 0.1) is 4.90 Å². The Labute approximate surface area is 122 Å². The van der Waals surface area contributed by atoms with Crippen molar-refractivity contribution < 1.29 is 8.42 Å². The zero-order valence-corrected chi connectivity index (χ0v) is 13.3. The molecule has 1 unspecified atom stereocenters. The Morgan fingerprint density at radius 2 is 1.75 bits per heavy atom. The van der Waals surface area contributed by atoms with Crippen LogP contribution in [0, 0.1) is 13.8 Å². The molecule has 5 heteroatoms. The van der Waals surface area contributed by atoms with Crippen LogP contribution < -0.4 is 5.73 Å². The standard InChI is InChI=1S/C15H24N2O2S/c1-11-9-14(16)10-12(2)15(11)20(18,19)17-8-6-4-5-7-13(17)3/h9-10,13H,4-8,16H2,1-3H3. The molecule has 112 valence electrons. The maximum Gasteiger partial charge on any atom is 0.243 e. The van der Waals surface area contributed by atoms with E-state index in [0.29, 0.717) is 17.1 Å². The van der Waals surface area contributed by atoms with Gasteiger partial charge in [0, 0.05) is 18.3 Å². The van der Waals surface area contributed by atoms with Crippen LogP contribution in [0.25, 0.3) is 0 Å². The molecule has 0 amide bonds. The maximum absolute atomic E-state index is 13.0. The first-order chi connectivity index (χ1) is 9.34. The molecule has 0 bridgehead atoms. The fourth-order valence-corrected chi connectivity index (χ4v) is 5.23. The van der Waals surface area contributed by atoms with Crippen LogP contribution in [0.4, 0.5) is 5.69 Å². The first-order valence-electron chi connectivity index (χ1n) is 7.22. The van der Waals surface area contributed by atoms with Crippen LogP contribution in [0.5, 0.6) is 0 Å². The fraction of sp³-hybridized carbons (Fsp3) is 0.600. The number of nitrogen functional groups attached to an aromatic ring is 1. The molecule has 2 rings (SSSR count). The van der Waals surface area contributed by atoms with Crippen LogP contribution in [0.2, 0.25) is 0 Å². The highest BCUT2D eigenvalue weighted by atomic mass is 32.2. The molecule has 0 saturated carbocycles. The molecule has 1 aliphatic rings. The molecule has 1 heterocycles. The number of benzene rings is 1. The lowest BCUT2D eigenvalue weighted by atomic mass is 10.1. The zero-order valence-electron chi connectivity index (χ0n) is 12.5. The van der Waals surface area contributed by atoms with Gasteiger partial charge in [0.15, 0.2) is 0 Å². The number of rotatable bonds is 2. The molecule has 1 aromatic carbocycles. The Kier molecular flexibility index (Phi) is 4.39. The molecule has 0 spiro atoms. The lowest BCUT2D eigenvalue weighted by Gasteiger charge is -2.27. The summed E-state index contributed by atoms with van der Waals surface area (Å²) in [6, 6.07) is 3.55. The summed E-state index contributed by atoms with van der Waals surface area (Å²) in [5, 5.41) is 0. The third-order valence-electron chi connectivity index (χ3n) is 4.04. The highest BCUT2D eigenvalue weighted by molar-refractivity contribution is 7.89. The summed E-state index contributed by atoms with van der Waals surface area (Å²) in [6.45, 7) is 6.26. The predicted octanol–water partition coefficient (Wildman–Crippen LogP) is 2.84. The highest BCUT2D eigenvalue weighted by Gasteiger charge is 2.32. The van der Waals surface area contributed by atoms with Crippen LogP contribution in [0.3, 0.4) is 0 Å². The number of hydrogen-bond acceptors (Lipinski definition) is 3. The van der Waals surface area contributed by atoms with Crippen LogP contribution in [-0.2, 0) is 10.0 Å². The zero-order chi connectivity index (χ0) is 14.9. The molecule has 2 N–H and O–H groups in total. The Hall–Kier alpha value is -1.07. The van der Waals surface area contributed by atoms with E-state index >= 15 is 0 Å². The number of aryl methyl sites for hydroxylation is 2. The molecule has 0 aliphatic carbocycles. The van der Waals surface area contributed by atoms with Gasteiger partial charge in [0.25, 0.3) is 0 Å². The minimum atomic E-state index is -3.43. The van der Waals surface area contributed by atoms with Crippen molar-refractivity contribution in [1.82, 2.24) is 4.31 Å². The van der Waals surface area contributed by atoms with Gasteiger partial charge in [0.2, 0.25) is 10.0 Å². The lowest BCUT2D eigenvalue weighted by molar-refractivity contribution is 0.341. The van der Waals surface area contributed by atoms with Crippen molar-refractivity contribution in [3.8, 4) is 0 Å². The summed E-state index contributed by atoms with van der Waals surface area (Å²) in [4.78, 5) is 0.431. The second kappa shape index (κ2) is 5.74. The number of anilines is 1. The molecule has 1 fully saturated rings. The summed E-state index contributed by atoms with van der Waals surface area (Å²) >= 11 is 0. The van der Waals surface area contributed by atoms with Crippen LogP contribution in [0.15, 0.2) is 17.0 Å². The SMILES string of the molecule is Cc1cc(N)cc(C)c1S(=O)(=O)N1CCCCCC1C. The summed E-state index contributed by atoms with van der Waals surface area (Å²) in [7, 11) is -3.43. The minimum absolute atomic E-state index is 0.0684. The molecular weight excluding hydrogens is 272 g/mol. The van der Waals surface area contributed by atoms with Gasteiger partial charge >= 0.3 is 0 Å². The van der Waals surface area contributed by atoms with Gasteiger partial charge in [-0.3, -0.25) is 0 Å². The van der Waals surface area contributed by atoms with E-state index in [1.54, 1.807) is 16.4 Å². The number of nitrogens with zero attached hydrogens (tertiary/aromatic N) is 1. The largest absolute Gasteiger partial charge is 0.399 e. The van der Waals surface area contributed by atoms with Gasteiger partial charge in [-0.25, -0.2) is 8.42 Å². The van der Waals surface area contributed by atoms with Crippen molar-refractivity contribution in [3.63, 3.8) is 0 Å². The summed E-state index contributed by atoms with van der Waals surface area (Å²) in [5.74, 6) is 0. The van der Waals surface area contributed by atoms with E-state index in [1.165, 1.54) is 0 Å². The quantitative estimate of drug-likeness (QED) is 0.854. The average molecular weight is 296 g/mol. The summed E-state index contributed by atoms with van der Waals surface area (Å²) in [5.41, 5.74) is 7.88. The Morgan fingerprint density at radius 3 is 2.35 bits per heavy atom. The van der Waals surface area contributed by atoms with Gasteiger partial charge in [-0.2, -0.15) is 4.31 Å². The van der Waals surface area contributed by atoms with Crippen molar-refractivity contribution in [3.05, 3.63) is 23.3 Å². The van der Waals surface area contributed by atoms with Gasteiger partial charge in [-0.05, 0) is 56.9 Å². The van der Waals surface area contributed by atoms with E-state index in [2.05, 4.69) is 0 Å². The minimum Gasteiger partial charge on any atom is -0.399 e. The first kappa shape index (κ1) is 15.3. The van der Waals surface area contributed by atoms with Crippen molar-refractivity contribution in [2.24, 2.45) is 0 Å². The van der Waals surface area contributed by atoms with Crippen LogP contribution >= 0.6 is 0 Å². The molecule has 0 aromatic heterocycles. The smallest absolute Gasteiger partial charge is 0.243 e. The van der Waals surface area contributed by atoms with Crippen LogP contribution in [0.1, 0.15) is 43.7 Å². The predicted molar refractivity (Wildman–Crippen MR) is 82.2 cm³/mol. The first-order valence-corrected chi connectivity index (χ1v) is 8.66. The van der Waals surface area contributed by atoms with Crippen molar-refractivity contribution in [2.75, 3.05) is 12.3 Å². The molecule has 4 nitrogen and oxygen atoms in total. The number of nitrogens with two attached hydrogens (primary N) is 1. The third kappa shape index (κ3) is 2.83. The number of hydrogen-bond donors (Lipinski definition) is 1. The highest BCUT2D eigenvalue weighted by Crippen LogP contribution is 2.29. The lowest BCUT2D eigenvalue weighted by Crippen LogP contribution is -2.38. The molecule has 0 radical (unpaired) electrons. The van der Waals surface area contributed by atoms with E-state index in [9.17, 15) is 8.42 Å². The van der Waals surface area contributed by atoms with Crippen molar-refractivity contribution in [2.45, 2.75) is 57.4 Å². The Balaban J connectivity index is 2.49. The molecule has 1 aromatic rings. The van der Waals surface area contributed by atoms with E-state index < -0.39 is 10.0 Å². The molecule has 20 heavy (non-hydrogen) atoms. The van der Waals surface area contributed by atoms with Gasteiger partial charge in [-0.1, -0.05) is 12.8 Å². The van der Waals surface area contributed by atoms with E-state index in [1.807, 2.05) is 20.8 Å². The normalized spacial score (nSPS) is 21.6. The summed E-state index contributed by atoms with van der Waals surface area (Å²) in [6.07, 6.45) is 4.09. The fourth-order valence-electron chi connectivity index (χ4n) is 3.11. The van der Waals surface area contributed by atoms with Gasteiger partial charge < -0.3 is 5.73 Å². The molecule has 1 aliphatic heterocycles. The maximum atomic E-state index is 13.0. The molecule has 1 atom stereocenters. The third-order valence-corrected chi connectivity index (χ3v) is 6.36. The van der Waals surface area contributed by atoms with Gasteiger partial charge in [-0.15, -0.1) is 0 Å². The molecule has 1 saturated heterocycles. The topological polar surface area (TPSA) is 63.4 Å². The van der Waals surface area contributed by atoms with E-state index in [-0.39, 0.29) is 6.04 Å². The summed E-state index contributed by atoms with van der Waals surface area (Å²) < 4.78 is 27.6.